The van der Waals surface area contributed by atoms with Gasteiger partial charge in [0, 0.05) is 19.0 Å². The van der Waals surface area contributed by atoms with Gasteiger partial charge in [-0.2, -0.15) is 0 Å². The molecular weight excluding hydrogens is 222 g/mol. The third-order valence-corrected chi connectivity index (χ3v) is 3.23. The van der Waals surface area contributed by atoms with Gasteiger partial charge in [-0.15, -0.1) is 0 Å². The monoisotopic (exact) mass is 239 g/mol. The first kappa shape index (κ1) is 11.6. The van der Waals surface area contributed by atoms with E-state index in [1.807, 2.05) is 0 Å². The molecule has 0 aliphatic heterocycles. The van der Waals surface area contributed by atoms with E-state index in [2.05, 4.69) is 29.1 Å². The fourth-order valence-electron chi connectivity index (χ4n) is 1.81. The van der Waals surface area contributed by atoms with Crippen molar-refractivity contribution >= 4 is 17.4 Å². The Balaban J connectivity index is 1.96. The Bertz CT molecular complexity index is 367. The average molecular weight is 240 g/mol. The lowest BCUT2D eigenvalue weighted by molar-refractivity contribution is 0.778. The summed E-state index contributed by atoms with van der Waals surface area (Å²) >= 11 is 5.95. The fourth-order valence-corrected chi connectivity index (χ4v) is 2.01. The Kier molecular flexibility index (Phi) is 3.64. The van der Waals surface area contributed by atoms with Crippen LogP contribution >= 0.6 is 11.6 Å². The lowest BCUT2D eigenvalue weighted by Gasteiger charge is -2.06. The summed E-state index contributed by atoms with van der Waals surface area (Å²) in [6.07, 6.45) is 3.25. The third-order valence-electron chi connectivity index (χ3n) is 3.04. The summed E-state index contributed by atoms with van der Waals surface area (Å²) in [5.74, 6) is 3.37. The van der Waals surface area contributed by atoms with Crippen molar-refractivity contribution in [3.8, 4) is 0 Å². The third kappa shape index (κ3) is 3.08. The van der Waals surface area contributed by atoms with E-state index < -0.39 is 0 Å². The fraction of sp³-hybridized carbons (Fsp3) is 0.667. The second kappa shape index (κ2) is 5.00. The molecule has 0 radical (unpaired) electrons. The van der Waals surface area contributed by atoms with E-state index in [4.69, 9.17) is 11.6 Å². The number of hydrogen-bond acceptors (Lipinski definition) is 3. The van der Waals surface area contributed by atoms with E-state index in [1.54, 1.807) is 6.07 Å². The van der Waals surface area contributed by atoms with Crippen molar-refractivity contribution in [2.24, 2.45) is 11.8 Å². The van der Waals surface area contributed by atoms with Crippen molar-refractivity contribution < 1.29 is 0 Å². The van der Waals surface area contributed by atoms with Crippen LogP contribution < -0.4 is 5.32 Å². The molecule has 1 saturated carbocycles. The van der Waals surface area contributed by atoms with Crippen molar-refractivity contribution in [2.75, 3.05) is 11.9 Å². The Morgan fingerprint density at radius 3 is 2.88 bits per heavy atom. The van der Waals surface area contributed by atoms with Crippen LogP contribution in [0.2, 0.25) is 5.15 Å². The normalized spacial score (nSPS) is 23.2. The van der Waals surface area contributed by atoms with Crippen LogP contribution in [0.3, 0.4) is 0 Å². The van der Waals surface area contributed by atoms with E-state index in [1.165, 1.54) is 6.42 Å². The van der Waals surface area contributed by atoms with Gasteiger partial charge in [0.05, 0.1) is 0 Å². The maximum atomic E-state index is 5.95. The molecule has 0 aromatic carbocycles. The Morgan fingerprint density at radius 2 is 2.25 bits per heavy atom. The zero-order valence-corrected chi connectivity index (χ0v) is 10.6. The quantitative estimate of drug-likeness (QED) is 0.803. The molecule has 1 heterocycles. The predicted octanol–water partition coefficient (Wildman–Crippen LogP) is 3.15. The van der Waals surface area contributed by atoms with Crippen molar-refractivity contribution in [2.45, 2.75) is 33.1 Å². The summed E-state index contributed by atoms with van der Waals surface area (Å²) in [4.78, 5) is 8.64. The molecule has 1 fully saturated rings. The maximum Gasteiger partial charge on any atom is 0.134 e. The second-order valence-corrected chi connectivity index (χ2v) is 4.98. The molecule has 88 valence electrons. The van der Waals surface area contributed by atoms with Crippen LogP contribution in [0, 0.1) is 11.8 Å². The van der Waals surface area contributed by atoms with Gasteiger partial charge in [0.1, 0.15) is 16.8 Å². The molecule has 1 aliphatic carbocycles. The molecular formula is C12H18ClN3. The molecule has 1 aromatic heterocycles. The van der Waals surface area contributed by atoms with Crippen LogP contribution in [0.5, 0.6) is 0 Å². The molecule has 0 saturated heterocycles. The van der Waals surface area contributed by atoms with Gasteiger partial charge in [-0.05, 0) is 24.7 Å². The molecule has 4 heteroatoms. The topological polar surface area (TPSA) is 37.8 Å². The summed E-state index contributed by atoms with van der Waals surface area (Å²) in [7, 11) is 0. The summed E-state index contributed by atoms with van der Waals surface area (Å²) in [5.41, 5.74) is 0. The minimum absolute atomic E-state index is 0.532. The number of aromatic nitrogens is 2. The van der Waals surface area contributed by atoms with E-state index in [9.17, 15) is 0 Å². The summed E-state index contributed by atoms with van der Waals surface area (Å²) in [6.45, 7) is 5.39. The number of nitrogens with zero attached hydrogens (tertiary/aromatic N) is 2. The molecule has 1 aromatic rings. The molecule has 2 unspecified atom stereocenters. The summed E-state index contributed by atoms with van der Waals surface area (Å²) in [6, 6.07) is 1.80. The van der Waals surface area contributed by atoms with Crippen LogP contribution in [0.25, 0.3) is 0 Å². The van der Waals surface area contributed by atoms with Gasteiger partial charge in [0.25, 0.3) is 0 Å². The van der Waals surface area contributed by atoms with Crippen molar-refractivity contribution in [3.63, 3.8) is 0 Å². The van der Waals surface area contributed by atoms with E-state index in [-0.39, 0.29) is 0 Å². The van der Waals surface area contributed by atoms with Gasteiger partial charge in [0.2, 0.25) is 0 Å². The zero-order chi connectivity index (χ0) is 11.5. The molecule has 1 N–H and O–H groups in total. The van der Waals surface area contributed by atoms with Crippen LogP contribution in [-0.4, -0.2) is 16.5 Å². The first-order chi connectivity index (χ1) is 7.69. The molecule has 2 rings (SSSR count). The Morgan fingerprint density at radius 1 is 1.50 bits per heavy atom. The van der Waals surface area contributed by atoms with Gasteiger partial charge < -0.3 is 5.32 Å². The van der Waals surface area contributed by atoms with E-state index >= 15 is 0 Å². The Labute approximate surface area is 102 Å². The van der Waals surface area contributed by atoms with Gasteiger partial charge >= 0.3 is 0 Å². The van der Waals surface area contributed by atoms with E-state index in [0.29, 0.717) is 5.15 Å². The highest BCUT2D eigenvalue weighted by Crippen LogP contribution is 2.37. The lowest BCUT2D eigenvalue weighted by Crippen LogP contribution is -2.08. The van der Waals surface area contributed by atoms with Crippen LogP contribution in [0.1, 0.15) is 32.5 Å². The number of nitrogens with one attached hydrogen (secondary N) is 1. The highest BCUT2D eigenvalue weighted by molar-refractivity contribution is 6.29. The molecule has 3 nitrogen and oxygen atoms in total. The molecule has 0 spiro atoms. The van der Waals surface area contributed by atoms with Crippen LogP contribution in [0.15, 0.2) is 6.07 Å². The number of aryl methyl sites for hydroxylation is 1. The number of rotatable bonds is 5. The van der Waals surface area contributed by atoms with Gasteiger partial charge in [-0.25, -0.2) is 9.97 Å². The van der Waals surface area contributed by atoms with Crippen molar-refractivity contribution in [1.29, 1.82) is 0 Å². The maximum absolute atomic E-state index is 5.95. The van der Waals surface area contributed by atoms with Crippen molar-refractivity contribution in [1.82, 2.24) is 9.97 Å². The molecule has 1 aliphatic rings. The second-order valence-electron chi connectivity index (χ2n) is 4.60. The van der Waals surface area contributed by atoms with Gasteiger partial charge in [-0.3, -0.25) is 0 Å². The van der Waals surface area contributed by atoms with E-state index in [0.717, 1.165) is 42.9 Å². The highest BCUT2D eigenvalue weighted by atomic mass is 35.5. The van der Waals surface area contributed by atoms with Crippen molar-refractivity contribution in [3.05, 3.63) is 17.0 Å². The first-order valence-corrected chi connectivity index (χ1v) is 6.34. The molecule has 0 amide bonds. The SMILES string of the molecule is CCCc1nc(Cl)cc(NCC2CC2C)n1. The number of anilines is 1. The summed E-state index contributed by atoms with van der Waals surface area (Å²) < 4.78 is 0. The molecule has 16 heavy (non-hydrogen) atoms. The van der Waals surface area contributed by atoms with Crippen LogP contribution in [-0.2, 0) is 6.42 Å². The smallest absolute Gasteiger partial charge is 0.134 e. The van der Waals surface area contributed by atoms with Gasteiger partial charge in [0.15, 0.2) is 0 Å². The van der Waals surface area contributed by atoms with Gasteiger partial charge in [-0.1, -0.05) is 25.4 Å². The standard InChI is InChI=1S/C12H18ClN3/c1-3-4-11-15-10(13)6-12(16-11)14-7-9-5-8(9)2/h6,8-9H,3-5,7H2,1-2H3,(H,14,15,16). The summed E-state index contributed by atoms with van der Waals surface area (Å²) in [5, 5.41) is 3.87. The minimum atomic E-state index is 0.532. The molecule has 2 atom stereocenters. The average Bonchev–Trinajstić information content (AvgIpc) is 2.91. The molecule has 0 bridgehead atoms. The largest absolute Gasteiger partial charge is 0.370 e. The first-order valence-electron chi connectivity index (χ1n) is 5.96. The van der Waals surface area contributed by atoms with Crippen LogP contribution in [0.4, 0.5) is 5.82 Å². The number of hydrogen-bond donors (Lipinski definition) is 1. The Hall–Kier alpha value is -0.830. The zero-order valence-electron chi connectivity index (χ0n) is 9.83. The number of halogens is 1. The minimum Gasteiger partial charge on any atom is -0.370 e. The predicted molar refractivity (Wildman–Crippen MR) is 66.8 cm³/mol. The highest BCUT2D eigenvalue weighted by Gasteiger charge is 2.31. The lowest BCUT2D eigenvalue weighted by atomic mass is 10.3.